The number of hydrogen-bond acceptors (Lipinski definition) is 3. The minimum atomic E-state index is -0.0990. The van der Waals surface area contributed by atoms with Crippen molar-refractivity contribution in [2.24, 2.45) is 0 Å². The first-order valence-corrected chi connectivity index (χ1v) is 7.31. The van der Waals surface area contributed by atoms with Crippen LogP contribution in [0.15, 0.2) is 12.1 Å². The third-order valence-corrected chi connectivity index (χ3v) is 3.66. The largest absolute Gasteiger partial charge is 0.397 e. The van der Waals surface area contributed by atoms with E-state index in [1.54, 1.807) is 12.1 Å². The Morgan fingerprint density at radius 2 is 2.05 bits per heavy atom. The van der Waals surface area contributed by atoms with Gasteiger partial charge in [-0.25, -0.2) is 0 Å². The highest BCUT2D eigenvalue weighted by atomic mass is 35.5. The van der Waals surface area contributed by atoms with Crippen LogP contribution in [-0.2, 0) is 4.79 Å². The van der Waals surface area contributed by atoms with Crippen molar-refractivity contribution in [1.29, 1.82) is 0 Å². The molecule has 0 saturated heterocycles. The molecular formula is C14H21Cl2N3O. The molecule has 0 spiro atoms. The fraction of sp³-hybridized carbons (Fsp3) is 0.500. The van der Waals surface area contributed by atoms with Crippen LogP contribution < -0.4 is 11.1 Å². The zero-order valence-electron chi connectivity index (χ0n) is 12.0. The van der Waals surface area contributed by atoms with Crippen LogP contribution >= 0.6 is 23.2 Å². The molecule has 1 rings (SSSR count). The highest BCUT2D eigenvalue weighted by Crippen LogP contribution is 2.32. The summed E-state index contributed by atoms with van der Waals surface area (Å²) in [6.07, 6.45) is 1.21. The maximum absolute atomic E-state index is 11.9. The Morgan fingerprint density at radius 3 is 2.60 bits per heavy atom. The zero-order chi connectivity index (χ0) is 15.3. The minimum absolute atomic E-state index is 0.0990. The van der Waals surface area contributed by atoms with Crippen LogP contribution in [0.2, 0.25) is 10.0 Å². The van der Waals surface area contributed by atoms with Crippen LogP contribution in [0.3, 0.4) is 0 Å². The highest BCUT2D eigenvalue weighted by molar-refractivity contribution is 6.37. The summed E-state index contributed by atoms with van der Waals surface area (Å²) in [6, 6.07) is 3.59. The number of halogens is 2. The van der Waals surface area contributed by atoms with Gasteiger partial charge in [0.2, 0.25) is 5.91 Å². The van der Waals surface area contributed by atoms with Crippen molar-refractivity contribution >= 4 is 40.5 Å². The van der Waals surface area contributed by atoms with Crippen molar-refractivity contribution in [1.82, 2.24) is 4.90 Å². The van der Waals surface area contributed by atoms with Gasteiger partial charge < -0.3 is 16.0 Å². The summed E-state index contributed by atoms with van der Waals surface area (Å²) in [5.74, 6) is -0.0990. The summed E-state index contributed by atoms with van der Waals surface area (Å²) in [5, 5.41) is 3.53. The summed E-state index contributed by atoms with van der Waals surface area (Å²) < 4.78 is 0. The van der Waals surface area contributed by atoms with Gasteiger partial charge in [0.25, 0.3) is 0 Å². The first-order valence-electron chi connectivity index (χ1n) is 6.56. The Hall–Kier alpha value is -0.970. The fourth-order valence-corrected chi connectivity index (χ4v) is 2.23. The van der Waals surface area contributed by atoms with Crippen molar-refractivity contribution in [2.75, 3.05) is 24.6 Å². The molecule has 0 unspecified atom stereocenters. The second-order valence-electron chi connectivity index (χ2n) is 5.08. The van der Waals surface area contributed by atoms with Crippen molar-refractivity contribution < 1.29 is 4.79 Å². The van der Waals surface area contributed by atoms with Crippen LogP contribution in [-0.4, -0.2) is 30.4 Å². The van der Waals surface area contributed by atoms with Gasteiger partial charge in [0.1, 0.15) is 0 Å². The molecule has 0 radical (unpaired) electrons. The van der Waals surface area contributed by atoms with Crippen LogP contribution in [0.5, 0.6) is 0 Å². The van der Waals surface area contributed by atoms with E-state index in [1.165, 1.54) is 0 Å². The van der Waals surface area contributed by atoms with Crippen molar-refractivity contribution in [3.8, 4) is 0 Å². The monoisotopic (exact) mass is 317 g/mol. The van der Waals surface area contributed by atoms with Gasteiger partial charge in [0, 0.05) is 17.5 Å². The van der Waals surface area contributed by atoms with E-state index in [0.29, 0.717) is 33.9 Å². The smallest absolute Gasteiger partial charge is 0.224 e. The molecule has 112 valence electrons. The summed E-state index contributed by atoms with van der Waals surface area (Å²) >= 11 is 11.8. The lowest BCUT2D eigenvalue weighted by atomic mass is 10.2. The number of anilines is 2. The molecule has 0 bridgehead atoms. The Labute approximate surface area is 130 Å². The van der Waals surface area contributed by atoms with Gasteiger partial charge in [-0.05, 0) is 46.0 Å². The highest BCUT2D eigenvalue weighted by Gasteiger charge is 2.11. The first-order chi connectivity index (χ1) is 9.31. The number of nitrogens with one attached hydrogen (secondary N) is 1. The molecule has 1 amide bonds. The number of nitrogen functional groups attached to an aromatic ring is 1. The molecule has 0 aromatic heterocycles. The lowest BCUT2D eigenvalue weighted by Crippen LogP contribution is -2.28. The number of amides is 1. The van der Waals surface area contributed by atoms with Crippen molar-refractivity contribution in [2.45, 2.75) is 32.7 Å². The summed E-state index contributed by atoms with van der Waals surface area (Å²) in [6.45, 7) is 5.11. The van der Waals surface area contributed by atoms with Gasteiger partial charge in [-0.3, -0.25) is 4.79 Å². The fourth-order valence-electron chi connectivity index (χ4n) is 1.67. The van der Waals surface area contributed by atoms with E-state index >= 15 is 0 Å². The van der Waals surface area contributed by atoms with Gasteiger partial charge in [0.15, 0.2) is 0 Å². The third kappa shape index (κ3) is 5.19. The van der Waals surface area contributed by atoms with E-state index < -0.39 is 0 Å². The normalized spacial score (nSPS) is 11.2. The van der Waals surface area contributed by atoms with Crippen LogP contribution in [0.4, 0.5) is 11.4 Å². The molecule has 0 heterocycles. The molecular weight excluding hydrogens is 297 g/mol. The lowest BCUT2D eigenvalue weighted by Gasteiger charge is -2.20. The predicted molar refractivity (Wildman–Crippen MR) is 86.5 cm³/mol. The molecule has 20 heavy (non-hydrogen) atoms. The van der Waals surface area contributed by atoms with E-state index in [4.69, 9.17) is 28.9 Å². The van der Waals surface area contributed by atoms with E-state index in [2.05, 4.69) is 24.1 Å². The molecule has 0 atom stereocenters. The van der Waals surface area contributed by atoms with Crippen molar-refractivity contribution in [3.05, 3.63) is 22.2 Å². The molecule has 0 aliphatic carbocycles. The molecule has 0 aliphatic rings. The Balaban J connectivity index is 2.51. The number of hydrogen-bond donors (Lipinski definition) is 2. The second-order valence-corrected chi connectivity index (χ2v) is 5.92. The van der Waals surface area contributed by atoms with Gasteiger partial charge in [-0.2, -0.15) is 0 Å². The zero-order valence-corrected chi connectivity index (χ0v) is 13.6. The van der Waals surface area contributed by atoms with E-state index in [9.17, 15) is 4.79 Å². The number of benzene rings is 1. The average Bonchev–Trinajstić information content (AvgIpc) is 2.33. The Bertz CT molecular complexity index is 454. The van der Waals surface area contributed by atoms with Gasteiger partial charge in [-0.15, -0.1) is 0 Å². The van der Waals surface area contributed by atoms with Gasteiger partial charge in [-0.1, -0.05) is 23.2 Å². The molecule has 1 aromatic rings. The molecule has 1 aromatic carbocycles. The lowest BCUT2D eigenvalue weighted by molar-refractivity contribution is -0.116. The number of nitrogens with zero attached hydrogens (tertiary/aromatic N) is 1. The van der Waals surface area contributed by atoms with Gasteiger partial charge in [0.05, 0.1) is 16.4 Å². The molecule has 4 nitrogen and oxygen atoms in total. The SMILES string of the molecule is CC(C)N(C)CCCC(=O)Nc1c(N)cc(Cl)cc1Cl. The predicted octanol–water partition coefficient (Wildman–Crippen LogP) is 3.63. The van der Waals surface area contributed by atoms with Crippen LogP contribution in [0, 0.1) is 0 Å². The topological polar surface area (TPSA) is 58.4 Å². The van der Waals surface area contributed by atoms with Crippen LogP contribution in [0.1, 0.15) is 26.7 Å². The molecule has 3 N–H and O–H groups in total. The molecule has 6 heteroatoms. The van der Waals surface area contributed by atoms with Gasteiger partial charge >= 0.3 is 0 Å². The van der Waals surface area contributed by atoms with E-state index in [-0.39, 0.29) is 5.91 Å². The first kappa shape index (κ1) is 17.1. The molecule has 0 saturated carbocycles. The summed E-state index contributed by atoms with van der Waals surface area (Å²) in [7, 11) is 2.04. The number of nitrogens with two attached hydrogens (primary N) is 1. The third-order valence-electron chi connectivity index (χ3n) is 3.15. The molecule has 0 fully saturated rings. The van der Waals surface area contributed by atoms with Crippen molar-refractivity contribution in [3.63, 3.8) is 0 Å². The maximum Gasteiger partial charge on any atom is 0.224 e. The Morgan fingerprint density at radius 1 is 1.40 bits per heavy atom. The number of rotatable bonds is 6. The number of carbonyl (C=O) groups excluding carboxylic acids is 1. The van der Waals surface area contributed by atoms with E-state index in [1.807, 2.05) is 7.05 Å². The average molecular weight is 318 g/mol. The van der Waals surface area contributed by atoms with Crippen LogP contribution in [0.25, 0.3) is 0 Å². The summed E-state index contributed by atoms with van der Waals surface area (Å²) in [5.41, 5.74) is 6.59. The maximum atomic E-state index is 11.9. The van der Waals surface area contributed by atoms with E-state index in [0.717, 1.165) is 13.0 Å². The quantitative estimate of drug-likeness (QED) is 0.787. The summed E-state index contributed by atoms with van der Waals surface area (Å²) in [4.78, 5) is 14.1. The minimum Gasteiger partial charge on any atom is -0.397 e. The standard InChI is InChI=1S/C14H21Cl2N3O/c1-9(2)19(3)6-4-5-13(20)18-14-11(16)7-10(15)8-12(14)17/h7-9H,4-6,17H2,1-3H3,(H,18,20). The Kier molecular flexibility index (Phi) is 6.59. The number of carbonyl (C=O) groups is 1. The molecule has 0 aliphatic heterocycles. The second kappa shape index (κ2) is 7.72.